The highest BCUT2D eigenvalue weighted by Crippen LogP contribution is 2.38. The minimum Gasteiger partial charge on any atom is -0.375 e. The summed E-state index contributed by atoms with van der Waals surface area (Å²) in [5.74, 6) is 2.53. The zero-order valence-corrected chi connectivity index (χ0v) is 13.1. The molecule has 110 valence electrons. The number of hydrogen-bond acceptors (Lipinski definition) is 3. The maximum absolute atomic E-state index is 6.17. The van der Waals surface area contributed by atoms with Crippen LogP contribution in [0.15, 0.2) is 30.3 Å². The van der Waals surface area contributed by atoms with Crippen molar-refractivity contribution in [2.75, 3.05) is 18.1 Å². The average Bonchev–Trinajstić information content (AvgIpc) is 2.49. The van der Waals surface area contributed by atoms with Crippen LogP contribution in [0.3, 0.4) is 0 Å². The summed E-state index contributed by atoms with van der Waals surface area (Å²) in [6, 6.07) is 11.8. The fourth-order valence-corrected chi connectivity index (χ4v) is 4.69. The Morgan fingerprint density at radius 3 is 2.75 bits per heavy atom. The first-order valence-corrected chi connectivity index (χ1v) is 8.96. The van der Waals surface area contributed by atoms with Gasteiger partial charge in [-0.15, -0.1) is 0 Å². The largest absolute Gasteiger partial charge is 0.375 e. The van der Waals surface area contributed by atoms with Gasteiger partial charge in [0.25, 0.3) is 0 Å². The van der Waals surface area contributed by atoms with Crippen molar-refractivity contribution in [2.24, 2.45) is 0 Å². The first-order valence-electron chi connectivity index (χ1n) is 7.80. The van der Waals surface area contributed by atoms with Crippen LogP contribution >= 0.6 is 11.8 Å². The predicted molar refractivity (Wildman–Crippen MR) is 86.3 cm³/mol. The van der Waals surface area contributed by atoms with Gasteiger partial charge in [0.1, 0.15) is 0 Å². The molecule has 0 radical (unpaired) electrons. The van der Waals surface area contributed by atoms with Crippen LogP contribution in [0.5, 0.6) is 0 Å². The second-order valence-corrected chi connectivity index (χ2v) is 7.36. The van der Waals surface area contributed by atoms with E-state index in [4.69, 9.17) is 4.74 Å². The van der Waals surface area contributed by atoms with Crippen LogP contribution < -0.4 is 5.32 Å². The molecule has 2 fully saturated rings. The number of ether oxygens (including phenoxy) is 1. The molecule has 0 aromatic heterocycles. The fourth-order valence-electron chi connectivity index (χ4n) is 3.45. The Bertz CT molecular complexity index is 411. The van der Waals surface area contributed by atoms with Gasteiger partial charge in [0.15, 0.2) is 0 Å². The van der Waals surface area contributed by atoms with E-state index in [9.17, 15) is 0 Å². The summed E-state index contributed by atoms with van der Waals surface area (Å²) in [5, 5.41) is 3.82. The van der Waals surface area contributed by atoms with Gasteiger partial charge in [0.2, 0.25) is 0 Å². The minimum absolute atomic E-state index is 0.178. The Morgan fingerprint density at radius 2 is 2.00 bits per heavy atom. The van der Waals surface area contributed by atoms with Crippen LogP contribution in [-0.4, -0.2) is 29.8 Å². The zero-order chi connectivity index (χ0) is 13.8. The van der Waals surface area contributed by atoms with Crippen molar-refractivity contribution in [1.82, 2.24) is 5.32 Å². The number of rotatable bonds is 3. The molecule has 2 aliphatic heterocycles. The molecule has 0 bridgehead atoms. The van der Waals surface area contributed by atoms with Crippen molar-refractivity contribution < 1.29 is 4.74 Å². The first kappa shape index (κ1) is 14.4. The van der Waals surface area contributed by atoms with Gasteiger partial charge < -0.3 is 10.1 Å². The van der Waals surface area contributed by atoms with Crippen molar-refractivity contribution in [2.45, 2.75) is 50.3 Å². The third-order valence-corrected chi connectivity index (χ3v) is 5.67. The molecule has 2 heterocycles. The van der Waals surface area contributed by atoms with E-state index in [1.54, 1.807) is 0 Å². The molecule has 0 saturated carbocycles. The highest BCUT2D eigenvalue weighted by Gasteiger charge is 2.38. The lowest BCUT2D eigenvalue weighted by Crippen LogP contribution is -2.49. The maximum atomic E-state index is 6.17. The second kappa shape index (κ2) is 6.50. The summed E-state index contributed by atoms with van der Waals surface area (Å²) in [7, 11) is 0. The van der Waals surface area contributed by atoms with Crippen molar-refractivity contribution in [1.29, 1.82) is 0 Å². The molecule has 3 rings (SSSR count). The SMILES string of the molecule is C[C@H](NC1CCOC2(CCSCC2)C1)c1ccccc1. The van der Waals surface area contributed by atoms with Crippen LogP contribution in [0.2, 0.25) is 0 Å². The Balaban J connectivity index is 1.60. The topological polar surface area (TPSA) is 21.3 Å². The van der Waals surface area contributed by atoms with Crippen LogP contribution in [0.25, 0.3) is 0 Å². The minimum atomic E-state index is 0.178. The molecular formula is C17H25NOS. The summed E-state index contributed by atoms with van der Waals surface area (Å²) < 4.78 is 6.17. The monoisotopic (exact) mass is 291 g/mol. The number of benzene rings is 1. The smallest absolute Gasteiger partial charge is 0.0713 e. The number of hydrogen-bond donors (Lipinski definition) is 1. The van der Waals surface area contributed by atoms with Gasteiger partial charge in [-0.25, -0.2) is 0 Å². The Morgan fingerprint density at radius 1 is 1.25 bits per heavy atom. The van der Waals surface area contributed by atoms with Crippen molar-refractivity contribution in [3.63, 3.8) is 0 Å². The molecule has 2 aliphatic rings. The lowest BCUT2D eigenvalue weighted by atomic mass is 9.85. The van der Waals surface area contributed by atoms with Crippen LogP contribution in [-0.2, 0) is 4.74 Å². The van der Waals surface area contributed by atoms with Crippen LogP contribution in [0.1, 0.15) is 44.2 Å². The summed E-state index contributed by atoms with van der Waals surface area (Å²) in [6.07, 6.45) is 4.79. The van der Waals surface area contributed by atoms with Gasteiger partial charge in [-0.3, -0.25) is 0 Å². The van der Waals surface area contributed by atoms with E-state index < -0.39 is 0 Å². The molecule has 2 atom stereocenters. The molecule has 0 amide bonds. The van der Waals surface area contributed by atoms with Gasteiger partial charge in [0.05, 0.1) is 5.60 Å². The van der Waals surface area contributed by atoms with Crippen molar-refractivity contribution in [3.05, 3.63) is 35.9 Å². The Kier molecular flexibility index (Phi) is 4.69. The molecule has 3 heteroatoms. The number of nitrogens with one attached hydrogen (secondary N) is 1. The zero-order valence-electron chi connectivity index (χ0n) is 12.3. The van der Waals surface area contributed by atoms with E-state index in [0.717, 1.165) is 13.0 Å². The van der Waals surface area contributed by atoms with Gasteiger partial charge in [-0.1, -0.05) is 30.3 Å². The molecule has 2 saturated heterocycles. The van der Waals surface area contributed by atoms with Crippen molar-refractivity contribution >= 4 is 11.8 Å². The molecule has 1 aromatic carbocycles. The van der Waals surface area contributed by atoms with Crippen LogP contribution in [0, 0.1) is 0 Å². The first-order chi connectivity index (χ1) is 9.77. The normalized spacial score (nSPS) is 27.4. The molecule has 1 N–H and O–H groups in total. The fraction of sp³-hybridized carbons (Fsp3) is 0.647. The highest BCUT2D eigenvalue weighted by atomic mass is 32.2. The van der Waals surface area contributed by atoms with E-state index in [0.29, 0.717) is 12.1 Å². The molecule has 0 aliphatic carbocycles. The Hall–Kier alpha value is -0.510. The Labute approximate surface area is 126 Å². The van der Waals surface area contributed by atoms with E-state index in [1.807, 2.05) is 0 Å². The predicted octanol–water partition coefficient (Wildman–Crippen LogP) is 3.78. The maximum Gasteiger partial charge on any atom is 0.0713 e. The van der Waals surface area contributed by atoms with Crippen LogP contribution in [0.4, 0.5) is 0 Å². The van der Waals surface area contributed by atoms with E-state index in [-0.39, 0.29) is 5.60 Å². The average molecular weight is 291 g/mol. The van der Waals surface area contributed by atoms with Crippen molar-refractivity contribution in [3.8, 4) is 0 Å². The van der Waals surface area contributed by atoms with Gasteiger partial charge >= 0.3 is 0 Å². The molecule has 1 spiro atoms. The van der Waals surface area contributed by atoms with Gasteiger partial charge in [-0.05, 0) is 49.7 Å². The molecule has 2 nitrogen and oxygen atoms in total. The third-order valence-electron chi connectivity index (χ3n) is 4.68. The summed E-state index contributed by atoms with van der Waals surface area (Å²) in [6.45, 7) is 3.19. The standard InChI is InChI=1S/C17H25NOS/c1-14(15-5-3-2-4-6-15)18-16-7-10-19-17(13-16)8-11-20-12-9-17/h2-6,14,16,18H,7-13H2,1H3/t14-,16?/m0/s1. The summed E-state index contributed by atoms with van der Waals surface area (Å²) in [4.78, 5) is 0. The lowest BCUT2D eigenvalue weighted by molar-refractivity contribution is -0.0940. The van der Waals surface area contributed by atoms with Gasteiger partial charge in [0, 0.05) is 18.7 Å². The lowest BCUT2D eigenvalue weighted by Gasteiger charge is -2.44. The highest BCUT2D eigenvalue weighted by molar-refractivity contribution is 7.99. The summed E-state index contributed by atoms with van der Waals surface area (Å²) in [5.41, 5.74) is 1.56. The summed E-state index contributed by atoms with van der Waals surface area (Å²) >= 11 is 2.07. The van der Waals surface area contributed by atoms with E-state index in [1.165, 1.54) is 36.3 Å². The molecule has 1 unspecified atom stereocenters. The molecule has 1 aromatic rings. The number of thioether (sulfide) groups is 1. The quantitative estimate of drug-likeness (QED) is 0.915. The van der Waals surface area contributed by atoms with E-state index in [2.05, 4.69) is 54.3 Å². The second-order valence-electron chi connectivity index (χ2n) is 6.13. The molecular weight excluding hydrogens is 266 g/mol. The van der Waals surface area contributed by atoms with E-state index >= 15 is 0 Å². The van der Waals surface area contributed by atoms with Gasteiger partial charge in [-0.2, -0.15) is 11.8 Å². The third kappa shape index (κ3) is 3.38. The molecule has 20 heavy (non-hydrogen) atoms.